The number of hydrogen-bond acceptors (Lipinski definition) is 3. The number of carbonyl (C=O) groups excluding carboxylic acids is 1. The molecule has 4 nitrogen and oxygen atoms in total. The molecule has 0 radical (unpaired) electrons. The van der Waals surface area contributed by atoms with Crippen LogP contribution >= 0.6 is 0 Å². The van der Waals surface area contributed by atoms with Crippen LogP contribution in [0.3, 0.4) is 0 Å². The summed E-state index contributed by atoms with van der Waals surface area (Å²) in [5.41, 5.74) is 5.55. The second-order valence-corrected chi connectivity index (χ2v) is 5.98. The summed E-state index contributed by atoms with van der Waals surface area (Å²) >= 11 is 0. The Morgan fingerprint density at radius 3 is 2.20 bits per heavy atom. The molecule has 0 aliphatic carbocycles. The van der Waals surface area contributed by atoms with E-state index in [1.54, 1.807) is 0 Å². The summed E-state index contributed by atoms with van der Waals surface area (Å²) in [6, 6.07) is 0.553. The van der Waals surface area contributed by atoms with E-state index < -0.39 is 0 Å². The van der Waals surface area contributed by atoms with Gasteiger partial charge >= 0.3 is 0 Å². The Balaban J connectivity index is 4.40. The highest BCUT2D eigenvalue weighted by molar-refractivity contribution is 5.82. The van der Waals surface area contributed by atoms with Crippen molar-refractivity contribution in [2.24, 2.45) is 11.1 Å². The van der Waals surface area contributed by atoms with Gasteiger partial charge in [0.15, 0.2) is 0 Å². The molecule has 1 atom stereocenters. The van der Waals surface area contributed by atoms with E-state index in [0.717, 1.165) is 38.6 Å². The zero-order chi connectivity index (χ0) is 15.6. The SMILES string of the molecule is CCCC(CN)(CCC)C(=O)NCCN(C)C(C)CC. The van der Waals surface area contributed by atoms with Gasteiger partial charge in [-0.1, -0.05) is 33.6 Å². The van der Waals surface area contributed by atoms with Crippen molar-refractivity contribution >= 4 is 5.91 Å². The topological polar surface area (TPSA) is 58.4 Å². The second kappa shape index (κ2) is 10.2. The molecule has 0 aliphatic heterocycles. The number of nitrogens with one attached hydrogen (secondary N) is 1. The van der Waals surface area contributed by atoms with Gasteiger partial charge in [-0.05, 0) is 33.2 Å². The number of nitrogens with zero attached hydrogens (tertiary/aromatic N) is 1. The molecule has 3 N–H and O–H groups in total. The van der Waals surface area contributed by atoms with Crippen LogP contribution in [0.1, 0.15) is 59.8 Å². The Morgan fingerprint density at radius 1 is 1.25 bits per heavy atom. The maximum Gasteiger partial charge on any atom is 0.227 e. The molecule has 0 heterocycles. The fourth-order valence-corrected chi connectivity index (χ4v) is 2.67. The fourth-order valence-electron chi connectivity index (χ4n) is 2.67. The van der Waals surface area contributed by atoms with Gasteiger partial charge in [0.2, 0.25) is 5.91 Å². The van der Waals surface area contributed by atoms with Gasteiger partial charge in [-0.3, -0.25) is 4.79 Å². The number of rotatable bonds is 11. The first-order chi connectivity index (χ1) is 9.47. The lowest BCUT2D eigenvalue weighted by atomic mass is 9.78. The Labute approximate surface area is 125 Å². The largest absolute Gasteiger partial charge is 0.354 e. The van der Waals surface area contributed by atoms with Gasteiger partial charge in [-0.2, -0.15) is 0 Å². The first kappa shape index (κ1) is 19.4. The molecular formula is C16H35N3O. The zero-order valence-corrected chi connectivity index (χ0v) is 14.2. The predicted molar refractivity (Wildman–Crippen MR) is 86.7 cm³/mol. The number of hydrogen-bond donors (Lipinski definition) is 2. The van der Waals surface area contributed by atoms with Gasteiger partial charge in [-0.25, -0.2) is 0 Å². The van der Waals surface area contributed by atoms with E-state index in [4.69, 9.17) is 5.73 Å². The highest BCUT2D eigenvalue weighted by atomic mass is 16.2. The maximum atomic E-state index is 12.5. The van der Waals surface area contributed by atoms with Gasteiger partial charge in [0.05, 0.1) is 5.41 Å². The molecule has 0 fully saturated rings. The third kappa shape index (κ3) is 5.80. The molecule has 120 valence electrons. The van der Waals surface area contributed by atoms with Crippen molar-refractivity contribution in [1.82, 2.24) is 10.2 Å². The van der Waals surface area contributed by atoms with Crippen LogP contribution in [0.2, 0.25) is 0 Å². The lowest BCUT2D eigenvalue weighted by Crippen LogP contribution is -2.48. The van der Waals surface area contributed by atoms with Crippen molar-refractivity contribution in [3.63, 3.8) is 0 Å². The average molecular weight is 285 g/mol. The van der Waals surface area contributed by atoms with E-state index in [1.807, 2.05) is 0 Å². The molecule has 4 heteroatoms. The molecule has 0 aromatic heterocycles. The van der Waals surface area contributed by atoms with E-state index in [9.17, 15) is 4.79 Å². The fraction of sp³-hybridized carbons (Fsp3) is 0.938. The molecule has 0 saturated heterocycles. The van der Waals surface area contributed by atoms with Crippen molar-refractivity contribution in [2.45, 2.75) is 65.8 Å². The molecule has 0 bridgehead atoms. The second-order valence-electron chi connectivity index (χ2n) is 5.98. The number of nitrogens with two attached hydrogens (primary N) is 1. The van der Waals surface area contributed by atoms with Crippen LogP contribution in [0, 0.1) is 5.41 Å². The van der Waals surface area contributed by atoms with Gasteiger partial charge in [-0.15, -0.1) is 0 Å². The van der Waals surface area contributed by atoms with E-state index >= 15 is 0 Å². The Bertz CT molecular complexity index is 262. The molecule has 0 rings (SSSR count). The minimum atomic E-state index is -0.363. The van der Waals surface area contributed by atoms with Crippen LogP contribution in [0.25, 0.3) is 0 Å². The van der Waals surface area contributed by atoms with Gasteiger partial charge in [0, 0.05) is 25.7 Å². The molecule has 0 saturated carbocycles. The molecule has 0 aromatic rings. The summed E-state index contributed by atoms with van der Waals surface area (Å²) in [5, 5.41) is 3.09. The Morgan fingerprint density at radius 2 is 1.80 bits per heavy atom. The van der Waals surface area contributed by atoms with Crippen LogP contribution in [-0.4, -0.2) is 43.5 Å². The summed E-state index contributed by atoms with van der Waals surface area (Å²) in [7, 11) is 2.11. The van der Waals surface area contributed by atoms with Gasteiger partial charge in [0.25, 0.3) is 0 Å². The minimum Gasteiger partial charge on any atom is -0.354 e. The van der Waals surface area contributed by atoms with Crippen LogP contribution in [0.5, 0.6) is 0 Å². The lowest BCUT2D eigenvalue weighted by Gasteiger charge is -2.31. The molecule has 0 aliphatic rings. The number of carbonyl (C=O) groups is 1. The van der Waals surface area contributed by atoms with Gasteiger partial charge < -0.3 is 16.0 Å². The smallest absolute Gasteiger partial charge is 0.227 e. The third-order valence-corrected chi connectivity index (χ3v) is 4.42. The molecule has 20 heavy (non-hydrogen) atoms. The normalized spacial score (nSPS) is 13.6. The molecule has 1 amide bonds. The zero-order valence-electron chi connectivity index (χ0n) is 14.2. The molecular weight excluding hydrogens is 250 g/mol. The van der Waals surface area contributed by atoms with Crippen LogP contribution < -0.4 is 11.1 Å². The highest BCUT2D eigenvalue weighted by Crippen LogP contribution is 2.28. The van der Waals surface area contributed by atoms with E-state index in [0.29, 0.717) is 19.1 Å². The van der Waals surface area contributed by atoms with Crippen LogP contribution in [-0.2, 0) is 4.79 Å². The van der Waals surface area contributed by atoms with Crippen molar-refractivity contribution in [1.29, 1.82) is 0 Å². The quantitative estimate of drug-likeness (QED) is 0.613. The summed E-state index contributed by atoms with van der Waals surface area (Å²) in [6.07, 6.45) is 4.88. The Hall–Kier alpha value is -0.610. The van der Waals surface area contributed by atoms with Crippen molar-refractivity contribution in [3.8, 4) is 0 Å². The number of amides is 1. The van der Waals surface area contributed by atoms with Crippen molar-refractivity contribution in [2.75, 3.05) is 26.7 Å². The lowest BCUT2D eigenvalue weighted by molar-refractivity contribution is -0.131. The first-order valence-corrected chi connectivity index (χ1v) is 8.16. The standard InChI is InChI=1S/C16H35N3O/c1-6-9-16(13-17,10-7-2)15(20)18-11-12-19(5)14(4)8-3/h14H,6-13,17H2,1-5H3,(H,18,20). The van der Waals surface area contributed by atoms with Crippen molar-refractivity contribution < 1.29 is 4.79 Å². The monoisotopic (exact) mass is 285 g/mol. The summed E-state index contributed by atoms with van der Waals surface area (Å²) < 4.78 is 0. The number of likely N-dealkylation sites (N-methyl/N-ethyl adjacent to an activating group) is 1. The predicted octanol–water partition coefficient (Wildman–Crippen LogP) is 2.38. The average Bonchev–Trinajstić information content (AvgIpc) is 2.45. The van der Waals surface area contributed by atoms with E-state index in [1.165, 1.54) is 0 Å². The summed E-state index contributed by atoms with van der Waals surface area (Å²) in [5.74, 6) is 0.140. The first-order valence-electron chi connectivity index (χ1n) is 8.16. The Kier molecular flexibility index (Phi) is 9.86. The van der Waals surface area contributed by atoms with Crippen LogP contribution in [0.4, 0.5) is 0 Å². The molecule has 0 spiro atoms. The summed E-state index contributed by atoms with van der Waals surface area (Å²) in [4.78, 5) is 14.8. The minimum absolute atomic E-state index is 0.140. The van der Waals surface area contributed by atoms with Crippen molar-refractivity contribution in [3.05, 3.63) is 0 Å². The molecule has 1 unspecified atom stereocenters. The maximum absolute atomic E-state index is 12.5. The van der Waals surface area contributed by atoms with E-state index in [-0.39, 0.29) is 11.3 Å². The van der Waals surface area contributed by atoms with Crippen LogP contribution in [0.15, 0.2) is 0 Å². The van der Waals surface area contributed by atoms with Gasteiger partial charge in [0.1, 0.15) is 0 Å². The third-order valence-electron chi connectivity index (χ3n) is 4.42. The molecule has 0 aromatic carbocycles. The highest BCUT2D eigenvalue weighted by Gasteiger charge is 2.34. The summed E-state index contributed by atoms with van der Waals surface area (Å²) in [6.45, 7) is 10.7. The van der Waals surface area contributed by atoms with E-state index in [2.05, 4.69) is 45.0 Å².